The highest BCUT2D eigenvalue weighted by molar-refractivity contribution is 7.89. The first-order chi connectivity index (χ1) is 9.31. The van der Waals surface area contributed by atoms with Gasteiger partial charge in [0.2, 0.25) is 10.0 Å². The molecule has 0 saturated carbocycles. The Labute approximate surface area is 120 Å². The van der Waals surface area contributed by atoms with Crippen molar-refractivity contribution in [2.24, 2.45) is 0 Å². The molecule has 3 N–H and O–H groups in total. The van der Waals surface area contributed by atoms with Gasteiger partial charge in [-0.3, -0.25) is 0 Å². The topological polar surface area (TPSA) is 85.3 Å². The molecular formula is C12H12ClFN2O3S. The largest absolute Gasteiger partial charge is 0.468 e. The molecule has 1 unspecified atom stereocenters. The van der Waals surface area contributed by atoms with Crippen LogP contribution in [-0.2, 0) is 10.0 Å². The summed E-state index contributed by atoms with van der Waals surface area (Å²) in [4.78, 5) is -0.281. The summed E-state index contributed by atoms with van der Waals surface area (Å²) >= 11 is 5.76. The maximum absolute atomic E-state index is 13.2. The van der Waals surface area contributed by atoms with E-state index in [0.29, 0.717) is 5.76 Å². The van der Waals surface area contributed by atoms with E-state index in [-0.39, 0.29) is 15.6 Å². The number of hydrogen-bond acceptors (Lipinski definition) is 4. The number of nitrogens with two attached hydrogens (primary N) is 1. The van der Waals surface area contributed by atoms with E-state index in [1.807, 2.05) is 0 Å². The minimum absolute atomic E-state index is 0.240. The summed E-state index contributed by atoms with van der Waals surface area (Å²) in [7, 11) is -3.94. The van der Waals surface area contributed by atoms with Gasteiger partial charge in [0.25, 0.3) is 0 Å². The number of nitrogen functional groups attached to an aromatic ring is 1. The van der Waals surface area contributed by atoms with Gasteiger partial charge >= 0.3 is 0 Å². The number of halogens is 2. The molecule has 0 aliphatic carbocycles. The van der Waals surface area contributed by atoms with E-state index in [0.717, 1.165) is 12.1 Å². The lowest BCUT2D eigenvalue weighted by Gasteiger charge is -2.13. The van der Waals surface area contributed by atoms with Crippen LogP contribution in [0.5, 0.6) is 0 Å². The van der Waals surface area contributed by atoms with Gasteiger partial charge in [0.1, 0.15) is 16.5 Å². The molecule has 0 aliphatic heterocycles. The Morgan fingerprint density at radius 1 is 1.45 bits per heavy atom. The molecule has 0 aliphatic rings. The Morgan fingerprint density at radius 2 is 2.15 bits per heavy atom. The third-order valence-electron chi connectivity index (χ3n) is 2.64. The van der Waals surface area contributed by atoms with E-state index < -0.39 is 21.9 Å². The lowest BCUT2D eigenvalue weighted by atomic mass is 10.3. The molecule has 0 fully saturated rings. The van der Waals surface area contributed by atoms with E-state index in [1.165, 1.54) is 6.26 Å². The van der Waals surface area contributed by atoms with Gasteiger partial charge in [0.15, 0.2) is 0 Å². The van der Waals surface area contributed by atoms with Crippen molar-refractivity contribution in [2.75, 3.05) is 5.73 Å². The molecule has 108 valence electrons. The highest BCUT2D eigenvalue weighted by Gasteiger charge is 2.23. The molecule has 0 spiro atoms. The monoisotopic (exact) mass is 318 g/mol. The van der Waals surface area contributed by atoms with Crippen LogP contribution in [0, 0.1) is 5.82 Å². The number of anilines is 1. The normalized spacial score (nSPS) is 13.3. The van der Waals surface area contributed by atoms with Crippen LogP contribution in [0.4, 0.5) is 10.1 Å². The summed E-state index contributed by atoms with van der Waals surface area (Å²) in [6, 6.07) is 4.52. The van der Waals surface area contributed by atoms with Crippen LogP contribution in [0.1, 0.15) is 18.7 Å². The Kier molecular flexibility index (Phi) is 4.03. The van der Waals surface area contributed by atoms with Gasteiger partial charge in [-0.15, -0.1) is 0 Å². The van der Waals surface area contributed by atoms with Gasteiger partial charge in [-0.25, -0.2) is 17.5 Å². The summed E-state index contributed by atoms with van der Waals surface area (Å²) in [5.41, 5.74) is 5.08. The lowest BCUT2D eigenvalue weighted by Crippen LogP contribution is -2.27. The van der Waals surface area contributed by atoms with Crippen LogP contribution < -0.4 is 10.5 Å². The maximum atomic E-state index is 13.2. The second kappa shape index (κ2) is 5.43. The number of hydrogen-bond donors (Lipinski definition) is 2. The molecule has 1 aromatic heterocycles. The minimum Gasteiger partial charge on any atom is -0.468 e. The standard InChI is InChI=1S/C12H12ClFN2O3S/c1-7(11-3-2-4-19-11)16-20(17,18)12-6-10(15)9(14)5-8(12)13/h2-7,16H,15H2,1H3. The lowest BCUT2D eigenvalue weighted by molar-refractivity contribution is 0.459. The average Bonchev–Trinajstić information content (AvgIpc) is 2.86. The SMILES string of the molecule is CC(NS(=O)(=O)c1cc(N)c(F)cc1Cl)c1ccco1. The fourth-order valence-electron chi connectivity index (χ4n) is 1.64. The number of sulfonamides is 1. The Bertz CT molecular complexity index is 717. The van der Waals surface area contributed by atoms with Crippen molar-refractivity contribution in [2.45, 2.75) is 17.9 Å². The fraction of sp³-hybridized carbons (Fsp3) is 0.167. The highest BCUT2D eigenvalue weighted by Crippen LogP contribution is 2.27. The smallest absolute Gasteiger partial charge is 0.242 e. The van der Waals surface area contributed by atoms with Crippen molar-refractivity contribution in [1.29, 1.82) is 0 Å². The molecule has 2 rings (SSSR count). The van der Waals surface area contributed by atoms with Crippen LogP contribution in [0.15, 0.2) is 39.8 Å². The third kappa shape index (κ3) is 2.95. The van der Waals surface area contributed by atoms with Crippen molar-refractivity contribution in [3.63, 3.8) is 0 Å². The molecule has 0 saturated heterocycles. The van der Waals surface area contributed by atoms with Gasteiger partial charge in [-0.1, -0.05) is 11.6 Å². The van der Waals surface area contributed by atoms with Crippen molar-refractivity contribution < 1.29 is 17.2 Å². The molecule has 20 heavy (non-hydrogen) atoms. The summed E-state index contributed by atoms with van der Waals surface area (Å²) < 4.78 is 45.1. The molecule has 1 heterocycles. The zero-order valence-corrected chi connectivity index (χ0v) is 12.0. The van der Waals surface area contributed by atoms with Crippen LogP contribution in [0.3, 0.4) is 0 Å². The quantitative estimate of drug-likeness (QED) is 0.849. The van der Waals surface area contributed by atoms with Crippen molar-refractivity contribution >= 4 is 27.3 Å². The first-order valence-corrected chi connectivity index (χ1v) is 7.47. The van der Waals surface area contributed by atoms with Crippen LogP contribution in [-0.4, -0.2) is 8.42 Å². The molecule has 8 heteroatoms. The number of rotatable bonds is 4. The van der Waals surface area contributed by atoms with Gasteiger partial charge in [-0.05, 0) is 31.2 Å². The Morgan fingerprint density at radius 3 is 2.75 bits per heavy atom. The highest BCUT2D eigenvalue weighted by atomic mass is 35.5. The first kappa shape index (κ1) is 14.8. The van der Waals surface area contributed by atoms with E-state index in [2.05, 4.69) is 4.72 Å². The number of nitrogens with one attached hydrogen (secondary N) is 1. The summed E-state index contributed by atoms with van der Waals surface area (Å²) in [6.45, 7) is 1.61. The first-order valence-electron chi connectivity index (χ1n) is 5.61. The molecule has 1 atom stereocenters. The van der Waals surface area contributed by atoms with E-state index in [4.69, 9.17) is 21.8 Å². The van der Waals surface area contributed by atoms with Gasteiger partial charge < -0.3 is 10.2 Å². The molecular weight excluding hydrogens is 307 g/mol. The fourth-order valence-corrected chi connectivity index (χ4v) is 3.40. The molecule has 1 aromatic carbocycles. The Hall–Kier alpha value is -1.57. The predicted octanol–water partition coefficient (Wildman–Crippen LogP) is 2.69. The summed E-state index contributed by atoms with van der Waals surface area (Å²) in [6.07, 6.45) is 1.43. The molecule has 0 amide bonds. The molecule has 2 aromatic rings. The molecule has 5 nitrogen and oxygen atoms in total. The third-order valence-corrected chi connectivity index (χ3v) is 4.65. The number of furan rings is 1. The van der Waals surface area contributed by atoms with Gasteiger partial charge in [-0.2, -0.15) is 0 Å². The van der Waals surface area contributed by atoms with Crippen molar-refractivity contribution in [1.82, 2.24) is 4.72 Å². The Balaban J connectivity index is 2.34. The van der Waals surface area contributed by atoms with Gasteiger partial charge in [0.05, 0.1) is 23.0 Å². The number of benzene rings is 1. The minimum atomic E-state index is -3.94. The van der Waals surface area contributed by atoms with Crippen LogP contribution in [0.25, 0.3) is 0 Å². The second-order valence-electron chi connectivity index (χ2n) is 4.16. The average molecular weight is 319 g/mol. The van der Waals surface area contributed by atoms with E-state index in [1.54, 1.807) is 19.1 Å². The predicted molar refractivity (Wildman–Crippen MR) is 73.3 cm³/mol. The zero-order chi connectivity index (χ0) is 14.9. The summed E-state index contributed by atoms with van der Waals surface area (Å²) in [5, 5.41) is -0.240. The van der Waals surface area contributed by atoms with Crippen LogP contribution in [0.2, 0.25) is 5.02 Å². The molecule has 0 bridgehead atoms. The van der Waals surface area contributed by atoms with Gasteiger partial charge in [0, 0.05) is 0 Å². The van der Waals surface area contributed by atoms with E-state index >= 15 is 0 Å². The van der Waals surface area contributed by atoms with Crippen molar-refractivity contribution in [3.8, 4) is 0 Å². The second-order valence-corrected chi connectivity index (χ2v) is 6.25. The zero-order valence-electron chi connectivity index (χ0n) is 10.4. The van der Waals surface area contributed by atoms with E-state index in [9.17, 15) is 12.8 Å². The summed E-state index contributed by atoms with van der Waals surface area (Å²) in [5.74, 6) is -0.326. The molecule has 0 radical (unpaired) electrons. The maximum Gasteiger partial charge on any atom is 0.242 e. The van der Waals surface area contributed by atoms with Crippen molar-refractivity contribution in [3.05, 3.63) is 47.1 Å². The van der Waals surface area contributed by atoms with Crippen LogP contribution >= 0.6 is 11.6 Å².